The van der Waals surface area contributed by atoms with Crippen LogP contribution in [0.25, 0.3) is 0 Å². The molecule has 0 radical (unpaired) electrons. The number of nitro groups is 1. The molecule has 0 aliphatic rings. The van der Waals surface area contributed by atoms with Gasteiger partial charge in [-0.2, -0.15) is 0 Å². The van der Waals surface area contributed by atoms with Crippen LogP contribution in [-0.4, -0.2) is 26.4 Å². The van der Waals surface area contributed by atoms with Gasteiger partial charge >= 0.3 is 0 Å². The number of anilines is 1. The Morgan fingerprint density at radius 1 is 1.09 bits per heavy atom. The summed E-state index contributed by atoms with van der Waals surface area (Å²) >= 11 is 5.77. The maximum Gasteiger partial charge on any atom is 0.269 e. The van der Waals surface area contributed by atoms with Crippen molar-refractivity contribution in [3.63, 3.8) is 0 Å². The molecule has 0 spiro atoms. The largest absolute Gasteiger partial charge is 0.384 e. The molecule has 9 heteroatoms. The fourth-order valence-corrected chi connectivity index (χ4v) is 3.14. The van der Waals surface area contributed by atoms with Crippen LogP contribution >= 0.6 is 11.6 Å². The normalized spacial score (nSPS) is 11.2. The van der Waals surface area contributed by atoms with Crippen molar-refractivity contribution in [3.05, 3.63) is 63.7 Å². The maximum absolute atomic E-state index is 12.0. The van der Waals surface area contributed by atoms with Gasteiger partial charge in [-0.1, -0.05) is 17.7 Å². The highest BCUT2D eigenvalue weighted by Crippen LogP contribution is 2.16. The number of nitrogens with zero attached hydrogens (tertiary/aromatic N) is 1. The number of halogens is 1. The lowest BCUT2D eigenvalue weighted by Crippen LogP contribution is -2.28. The Hall–Kier alpha value is -2.16. The molecule has 0 atom stereocenters. The summed E-state index contributed by atoms with van der Waals surface area (Å²) in [4.78, 5) is 10.2. The first kappa shape index (κ1) is 17.2. The Morgan fingerprint density at radius 3 is 2.39 bits per heavy atom. The molecule has 2 N–H and O–H groups in total. The topological polar surface area (TPSA) is 101 Å². The molecular weight excluding hydrogens is 342 g/mol. The lowest BCUT2D eigenvalue weighted by molar-refractivity contribution is -0.384. The summed E-state index contributed by atoms with van der Waals surface area (Å²) in [7, 11) is -3.62. The summed E-state index contributed by atoms with van der Waals surface area (Å²) in [6, 6.07) is 11.8. The second-order valence-electron chi connectivity index (χ2n) is 4.59. The minimum absolute atomic E-state index is 0.00258. The van der Waals surface area contributed by atoms with Gasteiger partial charge in [0.25, 0.3) is 5.69 Å². The molecule has 0 aliphatic heterocycles. The van der Waals surface area contributed by atoms with Crippen molar-refractivity contribution in [3.8, 4) is 0 Å². The number of nitro benzene ring substituents is 1. The van der Waals surface area contributed by atoms with Crippen LogP contribution in [-0.2, 0) is 10.0 Å². The molecular formula is C14H14ClN3O4S. The summed E-state index contributed by atoms with van der Waals surface area (Å²) in [5.74, 6) is 0. The van der Waals surface area contributed by atoms with E-state index in [4.69, 9.17) is 11.6 Å². The Morgan fingerprint density at radius 2 is 1.78 bits per heavy atom. The fourth-order valence-electron chi connectivity index (χ4n) is 1.81. The quantitative estimate of drug-likeness (QED) is 0.451. The molecule has 122 valence electrons. The van der Waals surface area contributed by atoms with Crippen LogP contribution in [0.5, 0.6) is 0 Å². The van der Waals surface area contributed by atoms with Crippen LogP contribution in [0, 0.1) is 10.1 Å². The Labute approximate surface area is 138 Å². The van der Waals surface area contributed by atoms with E-state index in [0.717, 1.165) is 0 Å². The lowest BCUT2D eigenvalue weighted by Gasteiger charge is -2.09. The first-order valence-corrected chi connectivity index (χ1v) is 8.48. The van der Waals surface area contributed by atoms with Crippen molar-refractivity contribution in [2.45, 2.75) is 4.90 Å². The second kappa shape index (κ2) is 7.40. The maximum atomic E-state index is 12.0. The standard InChI is InChI=1S/C14H14ClN3O4S/c15-11-2-1-3-14(10-11)23(21,22)17-9-8-16-12-4-6-13(7-5-12)18(19)20/h1-7,10,16-17H,8-9H2. The number of nitrogens with one attached hydrogen (secondary N) is 2. The molecule has 0 aromatic heterocycles. The van der Waals surface area contributed by atoms with Gasteiger partial charge < -0.3 is 5.32 Å². The van der Waals surface area contributed by atoms with Gasteiger partial charge in [0, 0.05) is 35.9 Å². The molecule has 23 heavy (non-hydrogen) atoms. The Kier molecular flexibility index (Phi) is 5.54. The molecule has 2 aromatic rings. The highest BCUT2D eigenvalue weighted by atomic mass is 35.5. The van der Waals surface area contributed by atoms with Gasteiger partial charge in [-0.05, 0) is 30.3 Å². The molecule has 0 unspecified atom stereocenters. The van der Waals surface area contributed by atoms with E-state index in [1.54, 1.807) is 24.3 Å². The van der Waals surface area contributed by atoms with Crippen molar-refractivity contribution in [2.75, 3.05) is 18.4 Å². The zero-order valence-electron chi connectivity index (χ0n) is 11.9. The van der Waals surface area contributed by atoms with Crippen molar-refractivity contribution in [2.24, 2.45) is 0 Å². The molecule has 2 aromatic carbocycles. The monoisotopic (exact) mass is 355 g/mol. The molecule has 0 saturated heterocycles. The van der Waals surface area contributed by atoms with Crippen LogP contribution in [0.4, 0.5) is 11.4 Å². The summed E-state index contributed by atoms with van der Waals surface area (Å²) in [5.41, 5.74) is 0.662. The van der Waals surface area contributed by atoms with Crippen molar-refractivity contribution < 1.29 is 13.3 Å². The van der Waals surface area contributed by atoms with E-state index in [1.807, 2.05) is 0 Å². The van der Waals surface area contributed by atoms with E-state index in [2.05, 4.69) is 10.0 Å². The van der Waals surface area contributed by atoms with Crippen LogP contribution in [0.1, 0.15) is 0 Å². The summed E-state index contributed by atoms with van der Waals surface area (Å²) in [5, 5.41) is 13.9. The third kappa shape index (κ3) is 4.92. The van der Waals surface area contributed by atoms with Gasteiger partial charge in [0.1, 0.15) is 0 Å². The van der Waals surface area contributed by atoms with Gasteiger partial charge in [-0.15, -0.1) is 0 Å². The number of hydrogen-bond donors (Lipinski definition) is 2. The number of rotatable bonds is 7. The summed E-state index contributed by atoms with van der Waals surface area (Å²) < 4.78 is 26.5. The van der Waals surface area contributed by atoms with E-state index in [-0.39, 0.29) is 17.1 Å². The molecule has 0 aliphatic carbocycles. The van der Waals surface area contributed by atoms with Crippen molar-refractivity contribution in [1.82, 2.24) is 4.72 Å². The van der Waals surface area contributed by atoms with E-state index < -0.39 is 14.9 Å². The van der Waals surface area contributed by atoms with Crippen molar-refractivity contribution >= 4 is 33.0 Å². The van der Waals surface area contributed by atoms with Crippen LogP contribution in [0.2, 0.25) is 5.02 Å². The molecule has 0 fully saturated rings. The van der Waals surface area contributed by atoms with E-state index in [0.29, 0.717) is 17.3 Å². The van der Waals surface area contributed by atoms with Gasteiger partial charge in [0.05, 0.1) is 9.82 Å². The Bertz CT molecular complexity index is 794. The Balaban J connectivity index is 1.86. The summed E-state index contributed by atoms with van der Waals surface area (Å²) in [6.45, 7) is 0.490. The van der Waals surface area contributed by atoms with E-state index in [1.165, 1.54) is 24.3 Å². The molecule has 2 rings (SSSR count). The molecule has 0 amide bonds. The molecule has 0 bridgehead atoms. The van der Waals surface area contributed by atoms with Crippen molar-refractivity contribution in [1.29, 1.82) is 0 Å². The average molecular weight is 356 g/mol. The minimum atomic E-state index is -3.62. The fraction of sp³-hybridized carbons (Fsp3) is 0.143. The first-order valence-electron chi connectivity index (χ1n) is 6.62. The third-order valence-electron chi connectivity index (χ3n) is 2.93. The van der Waals surface area contributed by atoms with Gasteiger partial charge in [0.15, 0.2) is 0 Å². The highest BCUT2D eigenvalue weighted by Gasteiger charge is 2.13. The molecule has 7 nitrogen and oxygen atoms in total. The smallest absolute Gasteiger partial charge is 0.269 e. The van der Waals surface area contributed by atoms with Gasteiger partial charge in [0.2, 0.25) is 10.0 Å². The minimum Gasteiger partial charge on any atom is -0.384 e. The number of benzene rings is 2. The predicted molar refractivity (Wildman–Crippen MR) is 88.2 cm³/mol. The average Bonchev–Trinajstić information content (AvgIpc) is 2.52. The van der Waals surface area contributed by atoms with Crippen LogP contribution < -0.4 is 10.0 Å². The van der Waals surface area contributed by atoms with Crippen LogP contribution in [0.3, 0.4) is 0 Å². The zero-order valence-corrected chi connectivity index (χ0v) is 13.5. The zero-order chi connectivity index (χ0) is 16.9. The van der Waals surface area contributed by atoms with Crippen LogP contribution in [0.15, 0.2) is 53.4 Å². The number of non-ortho nitro benzene ring substituents is 1. The first-order chi connectivity index (χ1) is 10.9. The second-order valence-corrected chi connectivity index (χ2v) is 6.79. The van der Waals surface area contributed by atoms with E-state index in [9.17, 15) is 18.5 Å². The molecule has 0 saturated carbocycles. The highest BCUT2D eigenvalue weighted by molar-refractivity contribution is 7.89. The predicted octanol–water partition coefficient (Wildman–Crippen LogP) is 2.64. The SMILES string of the molecule is O=[N+]([O-])c1ccc(NCCNS(=O)(=O)c2cccc(Cl)c2)cc1. The van der Waals surface area contributed by atoms with Gasteiger partial charge in [-0.3, -0.25) is 10.1 Å². The number of hydrogen-bond acceptors (Lipinski definition) is 5. The van der Waals surface area contributed by atoms with Gasteiger partial charge in [-0.25, -0.2) is 13.1 Å². The molecule has 0 heterocycles. The number of sulfonamides is 1. The third-order valence-corrected chi connectivity index (χ3v) is 4.62. The lowest BCUT2D eigenvalue weighted by atomic mass is 10.3. The summed E-state index contributed by atoms with van der Waals surface area (Å²) in [6.07, 6.45) is 0. The van der Waals surface area contributed by atoms with E-state index >= 15 is 0 Å².